The molecule has 4 heteroatoms. The Bertz CT molecular complexity index is 383. The van der Waals surface area contributed by atoms with Gasteiger partial charge in [0, 0.05) is 0 Å². The van der Waals surface area contributed by atoms with Crippen LogP contribution < -0.4 is 14.2 Å². The molecule has 1 aliphatic carbocycles. The second-order valence-corrected chi connectivity index (χ2v) is 4.89. The maximum atomic E-state index is 9.78. The largest absolute Gasteiger partial charge is 0.493 e. The van der Waals surface area contributed by atoms with Crippen LogP contribution in [0.5, 0.6) is 17.2 Å². The van der Waals surface area contributed by atoms with Gasteiger partial charge in [-0.05, 0) is 37.3 Å². The van der Waals surface area contributed by atoms with E-state index in [9.17, 15) is 5.11 Å². The van der Waals surface area contributed by atoms with Crippen molar-refractivity contribution in [3.05, 3.63) is 18.2 Å². The molecule has 0 bridgehead atoms. The van der Waals surface area contributed by atoms with Gasteiger partial charge in [-0.25, -0.2) is 0 Å². The summed E-state index contributed by atoms with van der Waals surface area (Å²) in [7, 11) is 3.23. The van der Waals surface area contributed by atoms with E-state index in [1.165, 1.54) is 0 Å². The van der Waals surface area contributed by atoms with E-state index in [4.69, 9.17) is 14.2 Å². The fraction of sp³-hybridized carbons (Fsp3) is 0.600. The first-order chi connectivity index (χ1) is 9.26. The molecule has 19 heavy (non-hydrogen) atoms. The van der Waals surface area contributed by atoms with Crippen molar-refractivity contribution in [1.29, 1.82) is 0 Å². The molecule has 1 aliphatic rings. The molecule has 0 radical (unpaired) electrons. The number of aliphatic hydroxyl groups is 1. The Morgan fingerprint density at radius 3 is 2.37 bits per heavy atom. The molecule has 0 aromatic heterocycles. The number of ether oxygens (including phenoxy) is 3. The Hall–Kier alpha value is -1.42. The number of para-hydroxylation sites is 1. The SMILES string of the molecule is COc1cccc(OC)c1OCCC1CCCC1O. The third kappa shape index (κ3) is 3.32. The van der Waals surface area contributed by atoms with Crippen molar-refractivity contribution < 1.29 is 19.3 Å². The average Bonchev–Trinajstić information content (AvgIpc) is 2.84. The molecule has 1 saturated carbocycles. The van der Waals surface area contributed by atoms with Gasteiger partial charge in [0.1, 0.15) is 0 Å². The van der Waals surface area contributed by atoms with Crippen molar-refractivity contribution in [3.8, 4) is 17.2 Å². The van der Waals surface area contributed by atoms with Crippen molar-refractivity contribution in [2.45, 2.75) is 31.8 Å². The van der Waals surface area contributed by atoms with Crippen molar-refractivity contribution in [2.75, 3.05) is 20.8 Å². The summed E-state index contributed by atoms with van der Waals surface area (Å²) < 4.78 is 16.4. The summed E-state index contributed by atoms with van der Waals surface area (Å²) in [5.74, 6) is 2.35. The van der Waals surface area contributed by atoms with Crippen LogP contribution in [0.1, 0.15) is 25.7 Å². The molecular formula is C15H22O4. The Balaban J connectivity index is 1.94. The standard InChI is InChI=1S/C15H22O4/c1-17-13-7-4-8-14(18-2)15(13)19-10-9-11-5-3-6-12(11)16/h4,7-8,11-12,16H,3,5-6,9-10H2,1-2H3. The fourth-order valence-corrected chi connectivity index (χ4v) is 2.63. The number of rotatable bonds is 6. The predicted octanol–water partition coefficient (Wildman–Crippen LogP) is 2.63. The van der Waals surface area contributed by atoms with Crippen LogP contribution >= 0.6 is 0 Å². The molecule has 1 aromatic rings. The van der Waals surface area contributed by atoms with Crippen LogP contribution in [0.4, 0.5) is 0 Å². The van der Waals surface area contributed by atoms with Crippen LogP contribution in [-0.2, 0) is 0 Å². The lowest BCUT2D eigenvalue weighted by molar-refractivity contribution is 0.116. The Morgan fingerprint density at radius 2 is 1.84 bits per heavy atom. The number of hydrogen-bond acceptors (Lipinski definition) is 4. The van der Waals surface area contributed by atoms with Gasteiger partial charge in [0.05, 0.1) is 26.9 Å². The van der Waals surface area contributed by atoms with Crippen LogP contribution in [0.3, 0.4) is 0 Å². The van der Waals surface area contributed by atoms with Crippen LogP contribution in [0.2, 0.25) is 0 Å². The molecule has 0 aliphatic heterocycles. The summed E-state index contributed by atoms with van der Waals surface area (Å²) >= 11 is 0. The van der Waals surface area contributed by atoms with Gasteiger partial charge in [-0.3, -0.25) is 0 Å². The topological polar surface area (TPSA) is 47.9 Å². The zero-order valence-corrected chi connectivity index (χ0v) is 11.6. The minimum Gasteiger partial charge on any atom is -0.493 e. The lowest BCUT2D eigenvalue weighted by atomic mass is 10.0. The number of aliphatic hydroxyl groups excluding tert-OH is 1. The van der Waals surface area contributed by atoms with Gasteiger partial charge < -0.3 is 19.3 Å². The van der Waals surface area contributed by atoms with Crippen LogP contribution in [0.15, 0.2) is 18.2 Å². The third-order valence-electron chi connectivity index (χ3n) is 3.74. The number of hydrogen-bond donors (Lipinski definition) is 1. The summed E-state index contributed by atoms with van der Waals surface area (Å²) in [6.07, 6.45) is 3.82. The highest BCUT2D eigenvalue weighted by atomic mass is 16.5. The fourth-order valence-electron chi connectivity index (χ4n) is 2.63. The predicted molar refractivity (Wildman–Crippen MR) is 73.0 cm³/mol. The first kappa shape index (κ1) is 14.0. The molecule has 2 unspecified atom stereocenters. The van der Waals surface area contributed by atoms with E-state index in [1.54, 1.807) is 14.2 Å². The van der Waals surface area contributed by atoms with Gasteiger partial charge in [0.15, 0.2) is 11.5 Å². The van der Waals surface area contributed by atoms with Gasteiger partial charge in [-0.15, -0.1) is 0 Å². The molecule has 1 N–H and O–H groups in total. The molecule has 0 spiro atoms. The normalized spacial score (nSPS) is 22.3. The lowest BCUT2D eigenvalue weighted by Gasteiger charge is -2.17. The van der Waals surface area contributed by atoms with Crippen molar-refractivity contribution in [3.63, 3.8) is 0 Å². The smallest absolute Gasteiger partial charge is 0.203 e. The molecule has 4 nitrogen and oxygen atoms in total. The molecule has 0 amide bonds. The Morgan fingerprint density at radius 1 is 1.16 bits per heavy atom. The van der Waals surface area contributed by atoms with E-state index in [1.807, 2.05) is 18.2 Å². The summed E-state index contributed by atoms with van der Waals surface area (Å²) in [5, 5.41) is 9.78. The quantitative estimate of drug-likeness (QED) is 0.860. The highest BCUT2D eigenvalue weighted by Gasteiger charge is 2.25. The maximum absolute atomic E-state index is 9.78. The highest BCUT2D eigenvalue weighted by Crippen LogP contribution is 2.37. The van der Waals surface area contributed by atoms with Crippen LogP contribution in [-0.4, -0.2) is 32.0 Å². The van der Waals surface area contributed by atoms with Crippen LogP contribution in [0.25, 0.3) is 0 Å². The summed E-state index contributed by atoms with van der Waals surface area (Å²) in [4.78, 5) is 0. The molecule has 2 atom stereocenters. The van der Waals surface area contributed by atoms with Crippen molar-refractivity contribution in [2.24, 2.45) is 5.92 Å². The van der Waals surface area contributed by atoms with E-state index >= 15 is 0 Å². The first-order valence-corrected chi connectivity index (χ1v) is 6.78. The summed E-state index contributed by atoms with van der Waals surface area (Å²) in [6.45, 7) is 0.568. The third-order valence-corrected chi connectivity index (χ3v) is 3.74. The first-order valence-electron chi connectivity index (χ1n) is 6.78. The van der Waals surface area contributed by atoms with E-state index in [0.717, 1.165) is 25.7 Å². The zero-order chi connectivity index (χ0) is 13.7. The molecular weight excluding hydrogens is 244 g/mol. The van der Waals surface area contributed by atoms with Gasteiger partial charge >= 0.3 is 0 Å². The summed E-state index contributed by atoms with van der Waals surface area (Å²) in [5.41, 5.74) is 0. The van der Waals surface area contributed by atoms with E-state index < -0.39 is 0 Å². The number of methoxy groups -OCH3 is 2. The second kappa shape index (κ2) is 6.66. The van der Waals surface area contributed by atoms with Gasteiger partial charge in [-0.1, -0.05) is 12.5 Å². The molecule has 0 saturated heterocycles. The second-order valence-electron chi connectivity index (χ2n) is 4.89. The van der Waals surface area contributed by atoms with Crippen molar-refractivity contribution >= 4 is 0 Å². The van der Waals surface area contributed by atoms with E-state index in [2.05, 4.69) is 0 Å². The van der Waals surface area contributed by atoms with Gasteiger partial charge in [-0.2, -0.15) is 0 Å². The van der Waals surface area contributed by atoms with E-state index in [-0.39, 0.29) is 6.10 Å². The monoisotopic (exact) mass is 266 g/mol. The minimum atomic E-state index is -0.164. The average molecular weight is 266 g/mol. The number of benzene rings is 1. The Kier molecular flexibility index (Phi) is 4.91. The minimum absolute atomic E-state index is 0.164. The molecule has 2 rings (SSSR count). The van der Waals surface area contributed by atoms with E-state index in [0.29, 0.717) is 29.8 Å². The lowest BCUT2D eigenvalue weighted by Crippen LogP contribution is -2.16. The summed E-state index contributed by atoms with van der Waals surface area (Å²) in [6, 6.07) is 5.57. The molecule has 1 fully saturated rings. The van der Waals surface area contributed by atoms with Crippen LogP contribution in [0, 0.1) is 5.92 Å². The molecule has 1 aromatic carbocycles. The zero-order valence-electron chi connectivity index (χ0n) is 11.6. The highest BCUT2D eigenvalue weighted by molar-refractivity contribution is 5.51. The maximum Gasteiger partial charge on any atom is 0.203 e. The van der Waals surface area contributed by atoms with Crippen molar-refractivity contribution in [1.82, 2.24) is 0 Å². The molecule has 0 heterocycles. The molecule has 106 valence electrons. The van der Waals surface area contributed by atoms with Gasteiger partial charge in [0.2, 0.25) is 5.75 Å². The Labute approximate surface area is 114 Å². The van der Waals surface area contributed by atoms with Gasteiger partial charge in [0.25, 0.3) is 0 Å².